The number of anilines is 1. The zero-order valence-electron chi connectivity index (χ0n) is 11.4. The van der Waals surface area contributed by atoms with Crippen LogP contribution in [0.25, 0.3) is 0 Å². The summed E-state index contributed by atoms with van der Waals surface area (Å²) in [6, 6.07) is 3.28. The third-order valence-corrected chi connectivity index (χ3v) is 5.37. The molecule has 19 heavy (non-hydrogen) atoms. The number of hydrogen-bond donors (Lipinski definition) is 2. The summed E-state index contributed by atoms with van der Waals surface area (Å²) in [6.07, 6.45) is 0.595. The molecular formula is C13H20N2O3S. The van der Waals surface area contributed by atoms with Gasteiger partial charge in [0, 0.05) is 12.3 Å². The molecule has 2 unspecified atom stereocenters. The van der Waals surface area contributed by atoms with Crippen LogP contribution in [0.1, 0.15) is 24.5 Å². The van der Waals surface area contributed by atoms with E-state index in [1.807, 2.05) is 6.92 Å². The maximum atomic E-state index is 12.5. The molecule has 5 nitrogen and oxygen atoms in total. The van der Waals surface area contributed by atoms with E-state index < -0.39 is 10.0 Å². The summed E-state index contributed by atoms with van der Waals surface area (Å²) < 4.78 is 33.1. The van der Waals surface area contributed by atoms with Gasteiger partial charge in [-0.3, -0.25) is 0 Å². The third-order valence-electron chi connectivity index (χ3n) is 3.60. The van der Waals surface area contributed by atoms with Gasteiger partial charge >= 0.3 is 0 Å². The van der Waals surface area contributed by atoms with Crippen LogP contribution in [0.2, 0.25) is 0 Å². The Morgan fingerprint density at radius 3 is 2.63 bits per heavy atom. The summed E-state index contributed by atoms with van der Waals surface area (Å²) in [5.74, 6) is 0. The van der Waals surface area contributed by atoms with Gasteiger partial charge in [0.05, 0.1) is 17.0 Å². The fourth-order valence-corrected chi connectivity index (χ4v) is 4.24. The molecule has 0 radical (unpaired) electrons. The Kier molecular flexibility index (Phi) is 3.85. The highest BCUT2D eigenvalue weighted by Crippen LogP contribution is 2.26. The summed E-state index contributed by atoms with van der Waals surface area (Å²) in [7, 11) is -3.57. The molecule has 2 atom stereocenters. The molecule has 0 aliphatic carbocycles. The minimum Gasteiger partial charge on any atom is -0.398 e. The van der Waals surface area contributed by atoms with Crippen molar-refractivity contribution in [3.63, 3.8) is 0 Å². The molecule has 6 heteroatoms. The number of aryl methyl sites for hydroxylation is 1. The zero-order chi connectivity index (χ0) is 14.2. The lowest BCUT2D eigenvalue weighted by Crippen LogP contribution is -2.39. The van der Waals surface area contributed by atoms with Gasteiger partial charge < -0.3 is 10.5 Å². The van der Waals surface area contributed by atoms with Crippen molar-refractivity contribution in [2.24, 2.45) is 0 Å². The number of benzene rings is 1. The Hall–Kier alpha value is -1.11. The van der Waals surface area contributed by atoms with E-state index in [-0.39, 0.29) is 17.0 Å². The molecule has 1 aliphatic heterocycles. The van der Waals surface area contributed by atoms with E-state index in [0.717, 1.165) is 0 Å². The van der Waals surface area contributed by atoms with Crippen molar-refractivity contribution in [3.8, 4) is 0 Å². The second-order valence-electron chi connectivity index (χ2n) is 5.02. The highest BCUT2D eigenvalue weighted by Gasteiger charge is 2.30. The number of hydrogen-bond acceptors (Lipinski definition) is 4. The molecule has 1 aliphatic rings. The van der Waals surface area contributed by atoms with E-state index in [4.69, 9.17) is 10.5 Å². The first-order chi connectivity index (χ1) is 8.83. The van der Waals surface area contributed by atoms with E-state index in [1.165, 1.54) is 0 Å². The van der Waals surface area contributed by atoms with E-state index in [0.29, 0.717) is 29.8 Å². The average molecular weight is 284 g/mol. The highest BCUT2D eigenvalue weighted by atomic mass is 32.2. The SMILES string of the molecule is Cc1ccc(N)c(C)c1S(=O)(=O)NC1CCOC1C. The highest BCUT2D eigenvalue weighted by molar-refractivity contribution is 7.89. The Bertz CT molecular complexity index is 584. The standard InChI is InChI=1S/C13H20N2O3S/c1-8-4-5-11(14)9(2)13(8)19(16,17)15-12-6-7-18-10(12)3/h4-5,10,12,15H,6-7,14H2,1-3H3. The fraction of sp³-hybridized carbons (Fsp3) is 0.538. The number of nitrogen functional groups attached to an aromatic ring is 1. The van der Waals surface area contributed by atoms with Gasteiger partial charge in [0.15, 0.2) is 0 Å². The normalized spacial score (nSPS) is 23.7. The predicted molar refractivity (Wildman–Crippen MR) is 74.5 cm³/mol. The Morgan fingerprint density at radius 1 is 1.37 bits per heavy atom. The number of sulfonamides is 1. The fourth-order valence-electron chi connectivity index (χ4n) is 2.40. The van der Waals surface area contributed by atoms with Crippen molar-refractivity contribution >= 4 is 15.7 Å². The smallest absolute Gasteiger partial charge is 0.241 e. The lowest BCUT2D eigenvalue weighted by molar-refractivity contribution is 0.117. The van der Waals surface area contributed by atoms with Crippen LogP contribution in [0.15, 0.2) is 17.0 Å². The summed E-state index contributed by atoms with van der Waals surface area (Å²) in [4.78, 5) is 0.284. The number of ether oxygens (including phenoxy) is 1. The van der Waals surface area contributed by atoms with E-state index in [1.54, 1.807) is 26.0 Å². The topological polar surface area (TPSA) is 81.4 Å². The molecule has 0 bridgehead atoms. The van der Waals surface area contributed by atoms with Crippen LogP contribution in [-0.2, 0) is 14.8 Å². The predicted octanol–water partition coefficient (Wildman–Crippen LogP) is 1.34. The monoisotopic (exact) mass is 284 g/mol. The Labute approximate surface area is 114 Å². The van der Waals surface area contributed by atoms with Gasteiger partial charge in [-0.25, -0.2) is 13.1 Å². The molecule has 1 fully saturated rings. The van der Waals surface area contributed by atoms with Gasteiger partial charge in [-0.15, -0.1) is 0 Å². The molecule has 1 heterocycles. The van der Waals surface area contributed by atoms with Crippen LogP contribution >= 0.6 is 0 Å². The molecule has 0 aromatic heterocycles. The minimum atomic E-state index is -3.57. The second-order valence-corrected chi connectivity index (χ2v) is 6.67. The van der Waals surface area contributed by atoms with Crippen LogP contribution in [-0.4, -0.2) is 27.2 Å². The molecule has 3 N–H and O–H groups in total. The molecule has 0 spiro atoms. The van der Waals surface area contributed by atoms with Crippen LogP contribution in [0.3, 0.4) is 0 Å². The van der Waals surface area contributed by atoms with Gasteiger partial charge in [-0.2, -0.15) is 0 Å². The summed E-state index contributed by atoms with van der Waals surface area (Å²) >= 11 is 0. The molecule has 1 aromatic carbocycles. The van der Waals surface area contributed by atoms with Crippen molar-refractivity contribution in [1.82, 2.24) is 4.72 Å². The van der Waals surface area contributed by atoms with Gasteiger partial charge in [0.25, 0.3) is 0 Å². The van der Waals surface area contributed by atoms with Gasteiger partial charge in [0.1, 0.15) is 0 Å². The third kappa shape index (κ3) is 2.75. The van der Waals surface area contributed by atoms with Crippen molar-refractivity contribution in [2.45, 2.75) is 44.2 Å². The second kappa shape index (κ2) is 5.11. The minimum absolute atomic E-state index is 0.101. The molecule has 2 rings (SSSR count). The van der Waals surface area contributed by atoms with Gasteiger partial charge in [0.2, 0.25) is 10.0 Å². The quantitative estimate of drug-likeness (QED) is 0.821. The zero-order valence-corrected chi connectivity index (χ0v) is 12.3. The van der Waals surface area contributed by atoms with Crippen molar-refractivity contribution in [1.29, 1.82) is 0 Å². The van der Waals surface area contributed by atoms with Crippen LogP contribution < -0.4 is 10.5 Å². The van der Waals surface area contributed by atoms with Gasteiger partial charge in [-0.05, 0) is 44.4 Å². The average Bonchev–Trinajstić information content (AvgIpc) is 2.69. The lowest BCUT2D eigenvalue weighted by Gasteiger charge is -2.19. The van der Waals surface area contributed by atoms with Crippen LogP contribution in [0.4, 0.5) is 5.69 Å². The number of rotatable bonds is 3. The first-order valence-corrected chi connectivity index (χ1v) is 7.81. The van der Waals surface area contributed by atoms with Gasteiger partial charge in [-0.1, -0.05) is 6.07 Å². The summed E-state index contributed by atoms with van der Waals surface area (Å²) in [5.41, 5.74) is 7.59. The van der Waals surface area contributed by atoms with E-state index in [9.17, 15) is 8.42 Å². The van der Waals surface area contributed by atoms with E-state index >= 15 is 0 Å². The van der Waals surface area contributed by atoms with Crippen molar-refractivity contribution in [2.75, 3.05) is 12.3 Å². The van der Waals surface area contributed by atoms with Crippen molar-refractivity contribution < 1.29 is 13.2 Å². The molecule has 1 saturated heterocycles. The summed E-state index contributed by atoms with van der Waals surface area (Å²) in [5, 5.41) is 0. The molecule has 0 saturated carbocycles. The largest absolute Gasteiger partial charge is 0.398 e. The van der Waals surface area contributed by atoms with Crippen molar-refractivity contribution in [3.05, 3.63) is 23.3 Å². The van der Waals surface area contributed by atoms with E-state index in [2.05, 4.69) is 4.72 Å². The Morgan fingerprint density at radius 2 is 2.05 bits per heavy atom. The summed E-state index contributed by atoms with van der Waals surface area (Å²) in [6.45, 7) is 5.96. The number of nitrogens with two attached hydrogens (primary N) is 1. The molecule has 0 amide bonds. The lowest BCUT2D eigenvalue weighted by atomic mass is 10.1. The first-order valence-electron chi connectivity index (χ1n) is 6.32. The van der Waals surface area contributed by atoms with Crippen LogP contribution in [0.5, 0.6) is 0 Å². The molecular weight excluding hydrogens is 264 g/mol. The molecule has 106 valence electrons. The maximum Gasteiger partial charge on any atom is 0.241 e. The Balaban J connectivity index is 2.37. The first kappa shape index (κ1) is 14.3. The number of nitrogens with one attached hydrogen (secondary N) is 1. The molecule has 1 aromatic rings. The maximum absolute atomic E-state index is 12.5. The van der Waals surface area contributed by atoms with Crippen LogP contribution in [0, 0.1) is 13.8 Å².